The van der Waals surface area contributed by atoms with E-state index in [1.165, 1.54) is 6.07 Å². The van der Waals surface area contributed by atoms with Gasteiger partial charge in [0.15, 0.2) is 5.82 Å². The Hall–Kier alpha value is -2.32. The van der Waals surface area contributed by atoms with Gasteiger partial charge >= 0.3 is 0 Å². The molecule has 8 heteroatoms. The summed E-state index contributed by atoms with van der Waals surface area (Å²) in [5, 5.41) is 13.1. The van der Waals surface area contributed by atoms with E-state index in [9.17, 15) is 18.7 Å². The molecular formula is C28H40F2N4O2. The number of halogens is 2. The molecule has 2 N–H and O–H groups in total. The molecule has 36 heavy (non-hydrogen) atoms. The van der Waals surface area contributed by atoms with Crippen molar-refractivity contribution in [3.05, 3.63) is 47.4 Å². The summed E-state index contributed by atoms with van der Waals surface area (Å²) in [4.78, 5) is 19.9. The minimum absolute atomic E-state index is 0.0407. The Balaban J connectivity index is 1.33. The van der Waals surface area contributed by atoms with Crippen LogP contribution in [0.15, 0.2) is 24.7 Å². The molecule has 2 aromatic rings. The molecule has 6 nitrogen and oxygen atoms in total. The van der Waals surface area contributed by atoms with Crippen molar-refractivity contribution in [2.45, 2.75) is 90.3 Å². The Morgan fingerprint density at radius 3 is 2.89 bits per heavy atom. The summed E-state index contributed by atoms with van der Waals surface area (Å²) in [6.07, 6.45) is 10.7. The molecule has 1 aliphatic heterocycles. The molecule has 1 aromatic heterocycles. The molecule has 1 aliphatic carbocycles. The molecule has 1 saturated heterocycles. The zero-order valence-electron chi connectivity index (χ0n) is 21.6. The number of rotatable bonds is 11. The molecule has 2 heterocycles. The number of fused-ring (bicyclic) bond motifs is 1. The van der Waals surface area contributed by atoms with Crippen LogP contribution in [0.25, 0.3) is 0 Å². The average Bonchev–Trinajstić information content (AvgIpc) is 3.48. The molecule has 0 bridgehead atoms. The van der Waals surface area contributed by atoms with Crippen molar-refractivity contribution >= 4 is 11.7 Å². The fraction of sp³-hybridized carbons (Fsp3) is 0.643. The van der Waals surface area contributed by atoms with Crippen molar-refractivity contribution in [2.75, 3.05) is 18.4 Å². The highest BCUT2D eigenvalue weighted by Gasteiger charge is 2.29. The number of hydrogen-bond acceptors (Lipinski definition) is 4. The summed E-state index contributed by atoms with van der Waals surface area (Å²) in [5.41, 5.74) is 1.37. The minimum Gasteiger partial charge on any atom is -0.392 e. The summed E-state index contributed by atoms with van der Waals surface area (Å²) >= 11 is 0. The number of carbonyl (C=O) groups excluding carboxylic acids is 1. The van der Waals surface area contributed by atoms with E-state index in [2.05, 4.69) is 22.1 Å². The topological polar surface area (TPSA) is 70.4 Å². The minimum atomic E-state index is -0.522. The van der Waals surface area contributed by atoms with Crippen LogP contribution < -0.4 is 5.32 Å². The molecule has 0 saturated carbocycles. The Morgan fingerprint density at radius 2 is 2.11 bits per heavy atom. The molecule has 1 unspecified atom stereocenters. The number of carbonyl (C=O) groups is 1. The van der Waals surface area contributed by atoms with Crippen molar-refractivity contribution in [3.63, 3.8) is 0 Å². The number of hydrogen-bond donors (Lipinski definition) is 2. The van der Waals surface area contributed by atoms with Crippen LogP contribution >= 0.6 is 0 Å². The van der Waals surface area contributed by atoms with Gasteiger partial charge in [0, 0.05) is 37.3 Å². The van der Waals surface area contributed by atoms with E-state index in [0.717, 1.165) is 63.2 Å². The standard InChI is InChI=1S/C28H40F2N4O2/c1-3-6-21(11-19-8-9-20-13-22(29)14-26(30)25(20)12-19)28(36)32-27-17-33(18-31-27)15-23-7-5-10-34(23)16-24(35)4-2/h13-14,17-19,21,23-24,35H,3-12,15-16H2,1-2H3,(H,32,36)/t19-,21-,23?,24+/m1/s1. The summed E-state index contributed by atoms with van der Waals surface area (Å²) in [6.45, 7) is 6.55. The number of benzene rings is 1. The van der Waals surface area contributed by atoms with Gasteiger partial charge in [0.2, 0.25) is 5.91 Å². The third-order valence-corrected chi connectivity index (χ3v) is 7.91. The van der Waals surface area contributed by atoms with Gasteiger partial charge in [0.05, 0.1) is 12.4 Å². The largest absolute Gasteiger partial charge is 0.392 e. The number of aliphatic hydroxyl groups excluding tert-OH is 1. The molecule has 2 aliphatic rings. The Labute approximate surface area is 213 Å². The summed E-state index contributed by atoms with van der Waals surface area (Å²) in [7, 11) is 0. The highest BCUT2D eigenvalue weighted by molar-refractivity contribution is 5.91. The number of aliphatic hydroxyl groups is 1. The lowest BCUT2D eigenvalue weighted by Crippen LogP contribution is -2.38. The van der Waals surface area contributed by atoms with E-state index in [4.69, 9.17) is 0 Å². The maximum Gasteiger partial charge on any atom is 0.228 e. The van der Waals surface area contributed by atoms with Gasteiger partial charge in [-0.25, -0.2) is 13.8 Å². The third kappa shape index (κ3) is 6.71. The highest BCUT2D eigenvalue weighted by Crippen LogP contribution is 2.33. The normalized spacial score (nSPS) is 21.8. The summed E-state index contributed by atoms with van der Waals surface area (Å²) < 4.78 is 29.9. The van der Waals surface area contributed by atoms with E-state index in [0.29, 0.717) is 43.2 Å². The van der Waals surface area contributed by atoms with Gasteiger partial charge in [-0.05, 0) is 81.0 Å². The lowest BCUT2D eigenvalue weighted by molar-refractivity contribution is -0.120. The Bertz CT molecular complexity index is 1030. The van der Waals surface area contributed by atoms with Crippen molar-refractivity contribution in [1.82, 2.24) is 14.5 Å². The van der Waals surface area contributed by atoms with Crippen LogP contribution in [-0.4, -0.2) is 50.7 Å². The number of aryl methyl sites for hydroxylation is 1. The van der Waals surface area contributed by atoms with Crippen LogP contribution in [0.2, 0.25) is 0 Å². The number of β-amino-alcohol motifs (C(OH)–C–C–N with tert-alkyl or cyclic N) is 1. The van der Waals surface area contributed by atoms with Crippen LogP contribution in [0.1, 0.15) is 69.9 Å². The van der Waals surface area contributed by atoms with E-state index < -0.39 is 11.6 Å². The van der Waals surface area contributed by atoms with Gasteiger partial charge < -0.3 is 15.0 Å². The maximum absolute atomic E-state index is 14.3. The first-order chi connectivity index (χ1) is 17.4. The van der Waals surface area contributed by atoms with Crippen LogP contribution in [0.4, 0.5) is 14.6 Å². The molecule has 0 radical (unpaired) electrons. The lowest BCUT2D eigenvalue weighted by atomic mass is 9.78. The first-order valence-corrected chi connectivity index (χ1v) is 13.6. The van der Waals surface area contributed by atoms with Crippen molar-refractivity contribution in [1.29, 1.82) is 0 Å². The molecule has 1 aromatic carbocycles. The second kappa shape index (κ2) is 12.3. The van der Waals surface area contributed by atoms with Crippen molar-refractivity contribution < 1.29 is 18.7 Å². The Kier molecular flexibility index (Phi) is 9.12. The van der Waals surface area contributed by atoms with Crippen LogP contribution in [0, 0.1) is 23.5 Å². The van der Waals surface area contributed by atoms with Crippen molar-refractivity contribution in [3.8, 4) is 0 Å². The second-order valence-electron chi connectivity index (χ2n) is 10.7. The highest BCUT2D eigenvalue weighted by atomic mass is 19.1. The number of nitrogens with one attached hydrogen (secondary N) is 1. The molecular weight excluding hydrogens is 462 g/mol. The number of likely N-dealkylation sites (tertiary alicyclic amines) is 1. The van der Waals surface area contributed by atoms with Gasteiger partial charge in [-0.2, -0.15) is 0 Å². The van der Waals surface area contributed by atoms with E-state index in [-0.39, 0.29) is 23.8 Å². The predicted octanol–water partition coefficient (Wildman–Crippen LogP) is 4.95. The zero-order chi connectivity index (χ0) is 25.7. The number of imidazole rings is 1. The third-order valence-electron chi connectivity index (χ3n) is 7.91. The summed E-state index contributed by atoms with van der Waals surface area (Å²) in [6, 6.07) is 2.77. The molecule has 198 valence electrons. The quantitative estimate of drug-likeness (QED) is 0.456. The average molecular weight is 503 g/mol. The van der Waals surface area contributed by atoms with Gasteiger partial charge in [0.1, 0.15) is 11.6 Å². The second-order valence-corrected chi connectivity index (χ2v) is 10.7. The maximum atomic E-state index is 14.3. The molecule has 1 fully saturated rings. The van der Waals surface area contributed by atoms with Gasteiger partial charge in [-0.1, -0.05) is 20.3 Å². The number of anilines is 1. The summed E-state index contributed by atoms with van der Waals surface area (Å²) in [5.74, 6) is -0.454. The van der Waals surface area contributed by atoms with Crippen LogP contribution in [0.3, 0.4) is 0 Å². The van der Waals surface area contributed by atoms with Gasteiger partial charge in [-0.15, -0.1) is 0 Å². The predicted molar refractivity (Wildman–Crippen MR) is 137 cm³/mol. The SMILES string of the molecule is CCC[C@H](C[C@H]1CCc2cc(F)cc(F)c2C1)C(=O)Nc1cn(CC2CCCN2C[C@@H](O)CC)cn1. The molecule has 4 atom stereocenters. The monoisotopic (exact) mass is 502 g/mol. The number of nitrogens with zero attached hydrogens (tertiary/aromatic N) is 3. The first kappa shape index (κ1) is 26.7. The molecule has 1 amide bonds. The van der Waals surface area contributed by atoms with Gasteiger partial charge in [0.25, 0.3) is 0 Å². The van der Waals surface area contributed by atoms with Crippen molar-refractivity contribution in [2.24, 2.45) is 11.8 Å². The number of aromatic nitrogens is 2. The first-order valence-electron chi connectivity index (χ1n) is 13.6. The number of amides is 1. The van der Waals surface area contributed by atoms with Gasteiger partial charge in [-0.3, -0.25) is 9.69 Å². The molecule has 0 spiro atoms. The Morgan fingerprint density at radius 1 is 1.28 bits per heavy atom. The lowest BCUT2D eigenvalue weighted by Gasteiger charge is -2.28. The van der Waals surface area contributed by atoms with Crippen LogP contribution in [0.5, 0.6) is 0 Å². The smallest absolute Gasteiger partial charge is 0.228 e. The fourth-order valence-corrected chi connectivity index (χ4v) is 5.90. The van der Waals surface area contributed by atoms with Crippen LogP contribution in [-0.2, 0) is 24.2 Å². The van der Waals surface area contributed by atoms with E-state index in [1.807, 2.05) is 17.7 Å². The van der Waals surface area contributed by atoms with E-state index in [1.54, 1.807) is 6.33 Å². The zero-order valence-corrected chi connectivity index (χ0v) is 21.6. The fourth-order valence-electron chi connectivity index (χ4n) is 5.90. The van der Waals surface area contributed by atoms with E-state index >= 15 is 0 Å². The molecule has 4 rings (SSSR count).